The Balaban J connectivity index is 2.65. The summed E-state index contributed by atoms with van der Waals surface area (Å²) in [6.07, 6.45) is 1.93. The topological polar surface area (TPSA) is 34.1 Å². The van der Waals surface area contributed by atoms with Crippen LogP contribution in [-0.4, -0.2) is 18.1 Å². The molecule has 0 fully saturated rings. The molecule has 0 saturated carbocycles. The van der Waals surface area contributed by atoms with Gasteiger partial charge in [0.15, 0.2) is 0 Å². The zero-order chi connectivity index (χ0) is 8.97. The fourth-order valence-corrected chi connectivity index (χ4v) is 0.839. The molecule has 12 heavy (non-hydrogen) atoms. The molecule has 0 spiro atoms. The Bertz CT molecular complexity index is 231. The summed E-state index contributed by atoms with van der Waals surface area (Å²) in [5.41, 5.74) is 0.992. The highest BCUT2D eigenvalue weighted by atomic mass is 16.5. The van der Waals surface area contributed by atoms with Gasteiger partial charge in [0.2, 0.25) is 5.88 Å². The monoisotopic (exact) mass is 166 g/mol. The summed E-state index contributed by atoms with van der Waals surface area (Å²) in [5.74, 6) is 0.670. The van der Waals surface area contributed by atoms with E-state index in [1.165, 1.54) is 0 Å². The van der Waals surface area contributed by atoms with Crippen LogP contribution in [0.25, 0.3) is 0 Å². The van der Waals surface area contributed by atoms with Crippen molar-refractivity contribution >= 4 is 5.69 Å². The quantitative estimate of drug-likeness (QED) is 0.744. The summed E-state index contributed by atoms with van der Waals surface area (Å²) in [6.45, 7) is 3.96. The average molecular weight is 166 g/mol. The van der Waals surface area contributed by atoms with E-state index in [0.29, 0.717) is 5.88 Å². The van der Waals surface area contributed by atoms with Gasteiger partial charge in [0.05, 0.1) is 18.0 Å². The molecule has 1 N–H and O–H groups in total. The molecular weight excluding hydrogens is 152 g/mol. The van der Waals surface area contributed by atoms with Crippen molar-refractivity contribution in [3.8, 4) is 5.88 Å². The van der Waals surface area contributed by atoms with Crippen molar-refractivity contribution in [1.82, 2.24) is 4.98 Å². The zero-order valence-corrected chi connectivity index (χ0v) is 7.66. The highest BCUT2D eigenvalue weighted by Gasteiger charge is 1.97. The van der Waals surface area contributed by atoms with Crippen LogP contribution in [-0.2, 0) is 0 Å². The van der Waals surface area contributed by atoms with Crippen LogP contribution in [0.3, 0.4) is 0 Å². The van der Waals surface area contributed by atoms with E-state index in [4.69, 9.17) is 4.74 Å². The van der Waals surface area contributed by atoms with Crippen LogP contribution in [0.4, 0.5) is 5.69 Å². The van der Waals surface area contributed by atoms with Gasteiger partial charge in [-0.1, -0.05) is 0 Å². The second-order valence-electron chi connectivity index (χ2n) is 2.80. The second kappa shape index (κ2) is 3.95. The highest BCUT2D eigenvalue weighted by molar-refractivity contribution is 5.40. The Labute approximate surface area is 72.8 Å². The Morgan fingerprint density at radius 3 is 2.58 bits per heavy atom. The molecule has 0 aliphatic rings. The van der Waals surface area contributed by atoms with Crippen molar-refractivity contribution in [2.45, 2.75) is 20.0 Å². The largest absolute Gasteiger partial charge is 0.475 e. The van der Waals surface area contributed by atoms with E-state index in [-0.39, 0.29) is 6.10 Å². The smallest absolute Gasteiger partial charge is 0.213 e. The number of nitrogens with zero attached hydrogens (tertiary/aromatic N) is 1. The molecule has 0 saturated heterocycles. The number of hydrogen-bond acceptors (Lipinski definition) is 3. The first-order chi connectivity index (χ1) is 5.72. The van der Waals surface area contributed by atoms with Crippen molar-refractivity contribution in [1.29, 1.82) is 0 Å². The lowest BCUT2D eigenvalue weighted by Gasteiger charge is -2.08. The molecule has 0 aliphatic carbocycles. The lowest BCUT2D eigenvalue weighted by molar-refractivity contribution is 0.232. The van der Waals surface area contributed by atoms with E-state index in [0.717, 1.165) is 5.69 Å². The molecule has 1 aromatic rings. The number of ether oxygens (including phenoxy) is 1. The summed E-state index contributed by atoms with van der Waals surface area (Å²) in [5, 5.41) is 2.99. The first-order valence-electron chi connectivity index (χ1n) is 4.03. The van der Waals surface area contributed by atoms with Gasteiger partial charge in [0.25, 0.3) is 0 Å². The molecule has 1 rings (SSSR count). The van der Waals surface area contributed by atoms with Crippen molar-refractivity contribution in [2.75, 3.05) is 12.4 Å². The molecule has 0 bridgehead atoms. The number of hydrogen-bond donors (Lipinski definition) is 1. The van der Waals surface area contributed by atoms with Crippen LogP contribution in [0.5, 0.6) is 5.88 Å². The molecule has 0 atom stereocenters. The molecule has 1 heterocycles. The van der Waals surface area contributed by atoms with Crippen LogP contribution in [0, 0.1) is 0 Å². The van der Waals surface area contributed by atoms with Crippen LogP contribution >= 0.6 is 0 Å². The van der Waals surface area contributed by atoms with E-state index in [1.807, 2.05) is 33.0 Å². The van der Waals surface area contributed by atoms with Gasteiger partial charge in [-0.15, -0.1) is 0 Å². The van der Waals surface area contributed by atoms with Crippen molar-refractivity contribution in [3.63, 3.8) is 0 Å². The number of rotatable bonds is 3. The van der Waals surface area contributed by atoms with E-state index < -0.39 is 0 Å². The molecule has 3 heteroatoms. The van der Waals surface area contributed by atoms with E-state index >= 15 is 0 Å². The van der Waals surface area contributed by atoms with Gasteiger partial charge >= 0.3 is 0 Å². The van der Waals surface area contributed by atoms with Gasteiger partial charge < -0.3 is 10.1 Å². The van der Waals surface area contributed by atoms with Crippen LogP contribution in [0.1, 0.15) is 13.8 Å². The molecule has 0 amide bonds. The summed E-state index contributed by atoms with van der Waals surface area (Å²) < 4.78 is 5.37. The third kappa shape index (κ3) is 2.42. The van der Waals surface area contributed by atoms with Gasteiger partial charge in [-0.25, -0.2) is 4.98 Å². The second-order valence-corrected chi connectivity index (χ2v) is 2.80. The lowest BCUT2D eigenvalue weighted by Crippen LogP contribution is -2.06. The summed E-state index contributed by atoms with van der Waals surface area (Å²) >= 11 is 0. The van der Waals surface area contributed by atoms with Crippen LogP contribution < -0.4 is 10.1 Å². The maximum Gasteiger partial charge on any atom is 0.213 e. The minimum absolute atomic E-state index is 0.179. The normalized spacial score (nSPS) is 10.0. The molecule has 66 valence electrons. The number of nitrogens with one attached hydrogen (secondary N) is 1. The summed E-state index contributed by atoms with van der Waals surface area (Å²) in [7, 11) is 1.86. The predicted molar refractivity (Wildman–Crippen MR) is 49.5 cm³/mol. The van der Waals surface area contributed by atoms with E-state index in [9.17, 15) is 0 Å². The van der Waals surface area contributed by atoms with Crippen molar-refractivity contribution < 1.29 is 4.74 Å². The third-order valence-electron chi connectivity index (χ3n) is 1.38. The summed E-state index contributed by atoms with van der Waals surface area (Å²) in [6, 6.07) is 3.79. The van der Waals surface area contributed by atoms with Gasteiger partial charge in [0.1, 0.15) is 0 Å². The maximum absolute atomic E-state index is 5.37. The first-order valence-corrected chi connectivity index (χ1v) is 4.03. The van der Waals surface area contributed by atoms with Gasteiger partial charge in [0, 0.05) is 13.1 Å². The lowest BCUT2D eigenvalue weighted by atomic mass is 10.4. The molecule has 0 unspecified atom stereocenters. The summed E-state index contributed by atoms with van der Waals surface area (Å²) in [4.78, 5) is 4.10. The van der Waals surface area contributed by atoms with Crippen LogP contribution in [0.15, 0.2) is 18.3 Å². The van der Waals surface area contributed by atoms with E-state index in [2.05, 4.69) is 10.3 Å². The number of pyridine rings is 1. The number of aromatic nitrogens is 1. The minimum atomic E-state index is 0.179. The molecule has 1 aromatic heterocycles. The number of anilines is 1. The fraction of sp³-hybridized carbons (Fsp3) is 0.444. The average Bonchev–Trinajstić information content (AvgIpc) is 2.05. The predicted octanol–water partition coefficient (Wildman–Crippen LogP) is 1.91. The van der Waals surface area contributed by atoms with Crippen LogP contribution in [0.2, 0.25) is 0 Å². The van der Waals surface area contributed by atoms with Gasteiger partial charge in [-0.05, 0) is 19.9 Å². The SMILES string of the molecule is CNc1ccc(OC(C)C)nc1. The Morgan fingerprint density at radius 1 is 1.42 bits per heavy atom. The molecular formula is C9H14N2O. The maximum atomic E-state index is 5.37. The molecule has 3 nitrogen and oxygen atoms in total. The minimum Gasteiger partial charge on any atom is -0.475 e. The first kappa shape index (κ1) is 8.84. The zero-order valence-electron chi connectivity index (χ0n) is 7.66. The fourth-order valence-electron chi connectivity index (χ4n) is 0.839. The van der Waals surface area contributed by atoms with Gasteiger partial charge in [-0.3, -0.25) is 0 Å². The Morgan fingerprint density at radius 2 is 2.17 bits per heavy atom. The van der Waals surface area contributed by atoms with E-state index in [1.54, 1.807) is 6.20 Å². The Kier molecular flexibility index (Phi) is 2.91. The standard InChI is InChI=1S/C9H14N2O/c1-7(2)12-9-5-4-8(10-3)6-11-9/h4-7,10H,1-3H3. The van der Waals surface area contributed by atoms with Crippen molar-refractivity contribution in [3.05, 3.63) is 18.3 Å². The highest BCUT2D eigenvalue weighted by Crippen LogP contribution is 2.11. The molecule has 0 radical (unpaired) electrons. The van der Waals surface area contributed by atoms with Gasteiger partial charge in [-0.2, -0.15) is 0 Å². The Hall–Kier alpha value is -1.25. The molecule has 0 aromatic carbocycles. The molecule has 0 aliphatic heterocycles. The third-order valence-corrected chi connectivity index (χ3v) is 1.38. The van der Waals surface area contributed by atoms with Crippen molar-refractivity contribution in [2.24, 2.45) is 0 Å².